The summed E-state index contributed by atoms with van der Waals surface area (Å²) in [5.74, 6) is 1.78. The lowest BCUT2D eigenvalue weighted by Crippen LogP contribution is -1.97. The van der Waals surface area contributed by atoms with Crippen LogP contribution >= 0.6 is 0 Å². The highest BCUT2D eigenvalue weighted by molar-refractivity contribution is 4.53. The molecule has 1 aliphatic rings. The first-order chi connectivity index (χ1) is 19.6. The first kappa shape index (κ1) is 39.9. The third-order valence-electron chi connectivity index (χ3n) is 8.34. The molecule has 0 amide bonds. The lowest BCUT2D eigenvalue weighted by molar-refractivity contribution is 0.125. The van der Waals surface area contributed by atoms with Gasteiger partial charge in [-0.05, 0) is 24.7 Å². The van der Waals surface area contributed by atoms with Crippen LogP contribution in [0.3, 0.4) is 0 Å². The van der Waals surface area contributed by atoms with Gasteiger partial charge in [0.1, 0.15) is 0 Å². The van der Waals surface area contributed by atoms with Crippen molar-refractivity contribution in [2.24, 2.45) is 11.8 Å². The molecular weight excluding hydrogens is 488 g/mol. The lowest BCUT2D eigenvalue weighted by atomic mass is 10.0. The monoisotopic (exact) mass is 567 g/mol. The zero-order valence-corrected chi connectivity index (χ0v) is 28.6. The van der Waals surface area contributed by atoms with E-state index in [-0.39, 0.29) is 0 Å². The summed E-state index contributed by atoms with van der Waals surface area (Å²) in [7, 11) is 0. The Bertz CT molecular complexity index is 392. The molecule has 2 heteroatoms. The fourth-order valence-electron chi connectivity index (χ4n) is 5.50. The third kappa shape index (κ3) is 42.4. The van der Waals surface area contributed by atoms with Crippen LogP contribution in [0.4, 0.5) is 0 Å². The van der Waals surface area contributed by atoms with Gasteiger partial charge in [-0.3, -0.25) is 0 Å². The van der Waals surface area contributed by atoms with Gasteiger partial charge in [0.15, 0.2) is 0 Å². The van der Waals surface area contributed by atoms with Crippen molar-refractivity contribution < 1.29 is 9.47 Å². The van der Waals surface area contributed by atoms with Crippen LogP contribution < -0.4 is 0 Å². The lowest BCUT2D eigenvalue weighted by Gasteiger charge is -2.06. The van der Waals surface area contributed by atoms with Gasteiger partial charge in [-0.2, -0.15) is 0 Å². The zero-order chi connectivity index (χ0) is 29.2. The second-order valence-electron chi connectivity index (χ2n) is 13.8. The Hall–Kier alpha value is -0.0800. The Balaban J connectivity index is 0.00000471. The summed E-state index contributed by atoms with van der Waals surface area (Å²) in [5.41, 5.74) is 0. The van der Waals surface area contributed by atoms with Crippen molar-refractivity contribution in [3.8, 4) is 0 Å². The maximum absolute atomic E-state index is 5.87. The van der Waals surface area contributed by atoms with Crippen molar-refractivity contribution in [3.63, 3.8) is 0 Å². The Morgan fingerprint density at radius 2 is 0.550 bits per heavy atom. The molecule has 0 saturated carbocycles. The van der Waals surface area contributed by atoms with Gasteiger partial charge in [-0.1, -0.05) is 195 Å². The molecule has 1 aliphatic heterocycles. The maximum Gasteiger partial charge on any atom is 0.0701 e. The third-order valence-corrected chi connectivity index (χ3v) is 8.34. The smallest absolute Gasteiger partial charge is 0.0701 e. The predicted octanol–water partition coefficient (Wildman–Crippen LogP) is 13.3. The highest BCUT2D eigenvalue weighted by Gasteiger charge is 1.98. The SMILES string of the molecule is C1CO1.CC(C)CCCCCCCCCCCCCCCOCCCCCCCCCCCCCCCC(C)C. The van der Waals surface area contributed by atoms with Crippen molar-refractivity contribution in [2.45, 2.75) is 207 Å². The van der Waals surface area contributed by atoms with Crippen molar-refractivity contribution >= 4 is 0 Å². The van der Waals surface area contributed by atoms with Gasteiger partial charge in [-0.25, -0.2) is 0 Å². The molecule has 40 heavy (non-hydrogen) atoms. The topological polar surface area (TPSA) is 21.8 Å². The predicted molar refractivity (Wildman–Crippen MR) is 181 cm³/mol. The van der Waals surface area contributed by atoms with Crippen LogP contribution in [0.5, 0.6) is 0 Å². The van der Waals surface area contributed by atoms with Gasteiger partial charge in [0.25, 0.3) is 0 Å². The van der Waals surface area contributed by atoms with E-state index < -0.39 is 0 Å². The summed E-state index contributed by atoms with van der Waals surface area (Å²) in [5, 5.41) is 0. The molecule has 0 aromatic rings. The summed E-state index contributed by atoms with van der Waals surface area (Å²) in [6.45, 7) is 13.4. The van der Waals surface area contributed by atoms with Gasteiger partial charge in [0.2, 0.25) is 0 Å². The van der Waals surface area contributed by atoms with E-state index in [4.69, 9.17) is 4.74 Å². The summed E-state index contributed by atoms with van der Waals surface area (Å²) < 4.78 is 10.4. The number of rotatable bonds is 32. The van der Waals surface area contributed by atoms with Crippen molar-refractivity contribution in [2.75, 3.05) is 26.4 Å². The van der Waals surface area contributed by atoms with E-state index in [1.54, 1.807) is 0 Å². The number of hydrogen-bond acceptors (Lipinski definition) is 2. The molecule has 0 aromatic heterocycles. The molecule has 0 atom stereocenters. The molecule has 0 spiro atoms. The average Bonchev–Trinajstić information content (AvgIpc) is 3.81. The van der Waals surface area contributed by atoms with E-state index in [9.17, 15) is 0 Å². The molecule has 0 unspecified atom stereocenters. The van der Waals surface area contributed by atoms with E-state index in [2.05, 4.69) is 32.4 Å². The fraction of sp³-hybridized carbons (Fsp3) is 1.00. The van der Waals surface area contributed by atoms with Gasteiger partial charge in [0, 0.05) is 13.2 Å². The van der Waals surface area contributed by atoms with Crippen LogP contribution in [-0.4, -0.2) is 26.4 Å². The average molecular weight is 567 g/mol. The molecule has 242 valence electrons. The molecule has 0 N–H and O–H groups in total. The number of epoxide rings is 1. The van der Waals surface area contributed by atoms with Crippen LogP contribution in [0.15, 0.2) is 0 Å². The fourth-order valence-corrected chi connectivity index (χ4v) is 5.50. The van der Waals surface area contributed by atoms with Crippen molar-refractivity contribution in [1.29, 1.82) is 0 Å². The molecule has 1 heterocycles. The van der Waals surface area contributed by atoms with Gasteiger partial charge >= 0.3 is 0 Å². The minimum absolute atomic E-state index is 0.890. The standard InChI is InChI=1S/C36H74O.C2H4O/c1-35(2)31-27-23-19-15-11-7-5-9-13-17-21-25-29-33-37-34-30-26-22-18-14-10-6-8-12-16-20-24-28-32-36(3)4;1-2-3-1/h35-36H,5-34H2,1-4H3;1-2H2. The van der Waals surface area contributed by atoms with Gasteiger partial charge in [-0.15, -0.1) is 0 Å². The molecule has 1 fully saturated rings. The Morgan fingerprint density at radius 3 is 0.750 bits per heavy atom. The van der Waals surface area contributed by atoms with E-state index >= 15 is 0 Å². The second kappa shape index (κ2) is 35.1. The molecule has 0 bridgehead atoms. The summed E-state index contributed by atoms with van der Waals surface area (Å²) in [6, 6.07) is 0. The molecule has 2 nitrogen and oxygen atoms in total. The minimum Gasteiger partial charge on any atom is -0.381 e. The van der Waals surface area contributed by atoms with E-state index in [0.29, 0.717) is 0 Å². The van der Waals surface area contributed by atoms with Crippen LogP contribution in [0.1, 0.15) is 207 Å². The Labute approximate surface area is 254 Å². The van der Waals surface area contributed by atoms with Crippen LogP contribution in [0.25, 0.3) is 0 Å². The summed E-state index contributed by atoms with van der Waals surface area (Å²) in [6.07, 6.45) is 40.2. The molecular formula is C38H78O2. The first-order valence-corrected chi connectivity index (χ1v) is 18.8. The Kier molecular flexibility index (Phi) is 35.0. The molecule has 0 radical (unpaired) electrons. The van der Waals surface area contributed by atoms with E-state index in [1.807, 2.05) is 0 Å². The zero-order valence-electron chi connectivity index (χ0n) is 28.6. The number of unbranched alkanes of at least 4 members (excludes halogenated alkanes) is 24. The number of ether oxygens (including phenoxy) is 2. The summed E-state index contributed by atoms with van der Waals surface area (Å²) >= 11 is 0. The molecule has 0 aromatic carbocycles. The summed E-state index contributed by atoms with van der Waals surface area (Å²) in [4.78, 5) is 0. The maximum atomic E-state index is 5.87. The van der Waals surface area contributed by atoms with Crippen LogP contribution in [-0.2, 0) is 9.47 Å². The highest BCUT2D eigenvalue weighted by Crippen LogP contribution is 2.16. The Morgan fingerprint density at radius 1 is 0.350 bits per heavy atom. The normalized spacial score (nSPS) is 12.8. The van der Waals surface area contributed by atoms with Crippen molar-refractivity contribution in [1.82, 2.24) is 0 Å². The second-order valence-corrected chi connectivity index (χ2v) is 13.8. The quantitative estimate of drug-likeness (QED) is 0.0596. The number of hydrogen-bond donors (Lipinski definition) is 0. The van der Waals surface area contributed by atoms with Gasteiger partial charge < -0.3 is 9.47 Å². The molecule has 1 saturated heterocycles. The molecule has 1 rings (SSSR count). The van der Waals surface area contributed by atoms with E-state index in [0.717, 1.165) is 38.3 Å². The highest BCUT2D eigenvalue weighted by atomic mass is 16.6. The first-order valence-electron chi connectivity index (χ1n) is 18.8. The van der Waals surface area contributed by atoms with Crippen molar-refractivity contribution in [3.05, 3.63) is 0 Å². The van der Waals surface area contributed by atoms with Gasteiger partial charge in [0.05, 0.1) is 13.2 Å². The van der Waals surface area contributed by atoms with E-state index in [1.165, 1.54) is 180 Å². The van der Waals surface area contributed by atoms with Crippen LogP contribution in [0.2, 0.25) is 0 Å². The molecule has 0 aliphatic carbocycles. The largest absolute Gasteiger partial charge is 0.381 e. The minimum atomic E-state index is 0.890. The van der Waals surface area contributed by atoms with Crippen LogP contribution in [0, 0.1) is 11.8 Å².